The minimum absolute atomic E-state index is 0.0842. The Labute approximate surface area is 105 Å². The second-order valence-electron chi connectivity index (χ2n) is 4.27. The molecule has 1 amide bonds. The summed E-state index contributed by atoms with van der Waals surface area (Å²) in [5.74, 6) is 0.0842. The number of methoxy groups -OCH3 is 1. The summed E-state index contributed by atoms with van der Waals surface area (Å²) in [7, 11) is 3.69. The van der Waals surface area contributed by atoms with Crippen LogP contribution in [0.1, 0.15) is 26.2 Å². The van der Waals surface area contributed by atoms with Crippen molar-refractivity contribution in [1.29, 1.82) is 0 Å². The fourth-order valence-corrected chi connectivity index (χ4v) is 1.61. The number of likely N-dealkylation sites (N-methyl/N-ethyl adjacent to an activating group) is 1. The van der Waals surface area contributed by atoms with Gasteiger partial charge in [-0.1, -0.05) is 6.92 Å². The third-order valence-corrected chi connectivity index (χ3v) is 2.75. The van der Waals surface area contributed by atoms with Gasteiger partial charge in [0.05, 0.1) is 0 Å². The molecule has 0 heterocycles. The molecule has 17 heavy (non-hydrogen) atoms. The van der Waals surface area contributed by atoms with Crippen LogP contribution in [0.15, 0.2) is 0 Å². The van der Waals surface area contributed by atoms with Gasteiger partial charge in [-0.3, -0.25) is 4.79 Å². The van der Waals surface area contributed by atoms with Crippen molar-refractivity contribution in [3.8, 4) is 0 Å². The minimum atomic E-state index is 0.0842. The lowest BCUT2D eigenvalue weighted by Crippen LogP contribution is -2.42. The Morgan fingerprint density at radius 1 is 1.53 bits per heavy atom. The molecule has 0 aromatic rings. The molecular weight excluding hydrogens is 218 g/mol. The Kier molecular flexibility index (Phi) is 10.1. The van der Waals surface area contributed by atoms with Gasteiger partial charge in [-0.2, -0.15) is 0 Å². The van der Waals surface area contributed by atoms with Gasteiger partial charge in [0, 0.05) is 45.8 Å². The van der Waals surface area contributed by atoms with Crippen molar-refractivity contribution in [1.82, 2.24) is 10.2 Å². The number of carbonyl (C=O) groups is 1. The van der Waals surface area contributed by atoms with Gasteiger partial charge in [0.25, 0.3) is 0 Å². The summed E-state index contributed by atoms with van der Waals surface area (Å²) >= 11 is 0. The maximum atomic E-state index is 11.6. The summed E-state index contributed by atoms with van der Waals surface area (Å²) in [5, 5.41) is 2.87. The van der Waals surface area contributed by atoms with E-state index in [0.29, 0.717) is 13.0 Å². The molecule has 0 aliphatic rings. The highest BCUT2D eigenvalue weighted by Crippen LogP contribution is 2.02. The van der Waals surface area contributed by atoms with Crippen molar-refractivity contribution in [2.24, 2.45) is 5.73 Å². The fourth-order valence-electron chi connectivity index (χ4n) is 1.61. The molecule has 0 aliphatic carbocycles. The molecule has 1 atom stereocenters. The van der Waals surface area contributed by atoms with Gasteiger partial charge in [0.15, 0.2) is 0 Å². The highest BCUT2D eigenvalue weighted by molar-refractivity contribution is 5.76. The van der Waals surface area contributed by atoms with Gasteiger partial charge in [-0.25, -0.2) is 0 Å². The van der Waals surface area contributed by atoms with E-state index >= 15 is 0 Å². The van der Waals surface area contributed by atoms with Gasteiger partial charge < -0.3 is 20.7 Å². The molecule has 0 radical (unpaired) electrons. The molecule has 0 spiro atoms. The van der Waals surface area contributed by atoms with Crippen molar-refractivity contribution in [2.75, 3.05) is 40.4 Å². The molecule has 0 rings (SSSR count). The topological polar surface area (TPSA) is 67.6 Å². The van der Waals surface area contributed by atoms with Gasteiger partial charge in [0.1, 0.15) is 0 Å². The lowest BCUT2D eigenvalue weighted by Gasteiger charge is -2.26. The Hall–Kier alpha value is -0.650. The molecular formula is C12H27N3O2. The highest BCUT2D eigenvalue weighted by Gasteiger charge is 2.16. The first-order valence-electron chi connectivity index (χ1n) is 6.31. The summed E-state index contributed by atoms with van der Waals surface area (Å²) in [6.45, 7) is 4.92. The Morgan fingerprint density at radius 3 is 2.76 bits per heavy atom. The SMILES string of the molecule is CCCNC(=O)CC(CN)N(C)CCCOC. The zero-order valence-electron chi connectivity index (χ0n) is 11.4. The zero-order valence-corrected chi connectivity index (χ0v) is 11.4. The molecule has 5 heteroatoms. The molecule has 1 unspecified atom stereocenters. The third-order valence-electron chi connectivity index (χ3n) is 2.75. The highest BCUT2D eigenvalue weighted by atomic mass is 16.5. The number of ether oxygens (including phenoxy) is 1. The van der Waals surface area contributed by atoms with Crippen molar-refractivity contribution in [3.63, 3.8) is 0 Å². The number of hydrogen-bond donors (Lipinski definition) is 2. The summed E-state index contributed by atoms with van der Waals surface area (Å²) in [6, 6.07) is 0.115. The number of nitrogens with one attached hydrogen (secondary N) is 1. The van der Waals surface area contributed by atoms with Crippen LogP contribution in [-0.2, 0) is 9.53 Å². The monoisotopic (exact) mass is 245 g/mol. The van der Waals surface area contributed by atoms with E-state index in [9.17, 15) is 4.79 Å². The minimum Gasteiger partial charge on any atom is -0.385 e. The lowest BCUT2D eigenvalue weighted by molar-refractivity contribution is -0.122. The molecule has 3 N–H and O–H groups in total. The van der Waals surface area contributed by atoms with E-state index in [0.717, 1.165) is 32.5 Å². The van der Waals surface area contributed by atoms with E-state index in [4.69, 9.17) is 10.5 Å². The van der Waals surface area contributed by atoms with Crippen LogP contribution in [0.2, 0.25) is 0 Å². The van der Waals surface area contributed by atoms with Gasteiger partial charge in [-0.15, -0.1) is 0 Å². The summed E-state index contributed by atoms with van der Waals surface area (Å²) in [5.41, 5.74) is 5.70. The smallest absolute Gasteiger partial charge is 0.221 e. The van der Waals surface area contributed by atoms with E-state index in [2.05, 4.69) is 10.2 Å². The molecule has 0 aromatic carbocycles. The maximum Gasteiger partial charge on any atom is 0.221 e. The number of nitrogens with two attached hydrogens (primary N) is 1. The van der Waals surface area contributed by atoms with Crippen LogP contribution in [0.5, 0.6) is 0 Å². The van der Waals surface area contributed by atoms with Crippen molar-refractivity contribution < 1.29 is 9.53 Å². The second kappa shape index (κ2) is 10.5. The number of hydrogen-bond acceptors (Lipinski definition) is 4. The molecule has 0 fully saturated rings. The first kappa shape index (κ1) is 16.4. The Balaban J connectivity index is 3.90. The number of nitrogens with zero attached hydrogens (tertiary/aromatic N) is 1. The van der Waals surface area contributed by atoms with Gasteiger partial charge in [-0.05, 0) is 19.9 Å². The number of carbonyl (C=O) groups excluding carboxylic acids is 1. The molecule has 0 saturated carbocycles. The molecule has 102 valence electrons. The van der Waals surface area contributed by atoms with Crippen molar-refractivity contribution >= 4 is 5.91 Å². The van der Waals surface area contributed by atoms with Crippen LogP contribution >= 0.6 is 0 Å². The summed E-state index contributed by atoms with van der Waals surface area (Å²) < 4.78 is 5.00. The van der Waals surface area contributed by atoms with Crippen LogP contribution in [0.4, 0.5) is 0 Å². The van der Waals surface area contributed by atoms with E-state index in [1.165, 1.54) is 0 Å². The number of amides is 1. The molecule has 0 aliphatic heterocycles. The van der Waals surface area contributed by atoms with Crippen LogP contribution in [-0.4, -0.2) is 57.2 Å². The predicted molar refractivity (Wildman–Crippen MR) is 69.9 cm³/mol. The molecule has 0 aromatic heterocycles. The first-order valence-corrected chi connectivity index (χ1v) is 6.31. The Morgan fingerprint density at radius 2 is 2.24 bits per heavy atom. The van der Waals surface area contributed by atoms with Crippen molar-refractivity contribution in [2.45, 2.75) is 32.2 Å². The quantitative estimate of drug-likeness (QED) is 0.540. The van der Waals surface area contributed by atoms with Crippen molar-refractivity contribution in [3.05, 3.63) is 0 Å². The first-order chi connectivity index (χ1) is 8.15. The summed E-state index contributed by atoms with van der Waals surface area (Å²) in [6.07, 6.45) is 2.39. The molecule has 0 bridgehead atoms. The standard InChI is InChI=1S/C12H27N3O2/c1-4-6-14-12(16)9-11(10-13)15(2)7-5-8-17-3/h11H,4-10,13H2,1-3H3,(H,14,16). The summed E-state index contributed by atoms with van der Waals surface area (Å²) in [4.78, 5) is 13.7. The average molecular weight is 245 g/mol. The van der Waals surface area contributed by atoms with E-state index in [1.807, 2.05) is 14.0 Å². The van der Waals surface area contributed by atoms with Crippen LogP contribution < -0.4 is 11.1 Å². The van der Waals surface area contributed by atoms with E-state index in [1.54, 1.807) is 7.11 Å². The maximum absolute atomic E-state index is 11.6. The molecule has 0 saturated heterocycles. The predicted octanol–water partition coefficient (Wildman–Crippen LogP) is 0.198. The Bertz CT molecular complexity index is 200. The van der Waals surface area contributed by atoms with Crippen LogP contribution in [0.25, 0.3) is 0 Å². The fraction of sp³-hybridized carbons (Fsp3) is 0.917. The largest absolute Gasteiger partial charge is 0.385 e. The van der Waals surface area contributed by atoms with Gasteiger partial charge in [0.2, 0.25) is 5.91 Å². The van der Waals surface area contributed by atoms with Crippen LogP contribution in [0, 0.1) is 0 Å². The second-order valence-corrected chi connectivity index (χ2v) is 4.27. The molecule has 5 nitrogen and oxygen atoms in total. The normalized spacial score (nSPS) is 12.8. The van der Waals surface area contributed by atoms with E-state index in [-0.39, 0.29) is 11.9 Å². The van der Waals surface area contributed by atoms with Gasteiger partial charge >= 0.3 is 0 Å². The number of rotatable bonds is 10. The lowest BCUT2D eigenvalue weighted by atomic mass is 10.1. The van der Waals surface area contributed by atoms with Crippen LogP contribution in [0.3, 0.4) is 0 Å². The zero-order chi connectivity index (χ0) is 13.1. The average Bonchev–Trinajstić information content (AvgIpc) is 2.33. The van der Waals surface area contributed by atoms with E-state index < -0.39 is 0 Å². The third kappa shape index (κ3) is 8.12.